The normalized spacial score (nSPS) is 17.5. The van der Waals surface area contributed by atoms with Gasteiger partial charge in [0.1, 0.15) is 11.6 Å². The maximum Gasteiger partial charge on any atom is 0.289 e. The topological polar surface area (TPSA) is 62.5 Å². The molecule has 0 N–H and O–H groups in total. The molecule has 1 aromatic carbocycles. The van der Waals surface area contributed by atoms with Crippen molar-refractivity contribution < 1.29 is 9.21 Å². The Balaban J connectivity index is 1.42. The Labute approximate surface area is 161 Å². The molecule has 5 rings (SSSR count). The van der Waals surface area contributed by atoms with E-state index in [0.29, 0.717) is 29.8 Å². The molecule has 3 aromatic rings. The van der Waals surface area contributed by atoms with Crippen LogP contribution < -0.4 is 4.90 Å². The van der Waals surface area contributed by atoms with Gasteiger partial charge in [0.05, 0.1) is 11.8 Å². The molecule has 138 valence electrons. The fourth-order valence-corrected chi connectivity index (χ4v) is 3.71. The Hall–Kier alpha value is -2.60. The van der Waals surface area contributed by atoms with Crippen LogP contribution in [0.2, 0.25) is 5.02 Å². The second-order valence-corrected chi connectivity index (χ2v) is 7.53. The Morgan fingerprint density at radius 3 is 2.63 bits per heavy atom. The molecule has 7 heteroatoms. The Morgan fingerprint density at radius 2 is 1.93 bits per heavy atom. The van der Waals surface area contributed by atoms with Gasteiger partial charge in [0.2, 0.25) is 0 Å². The molecule has 6 nitrogen and oxygen atoms in total. The third-order valence-corrected chi connectivity index (χ3v) is 5.43. The first-order valence-electron chi connectivity index (χ1n) is 9.24. The minimum atomic E-state index is -0.0577. The van der Waals surface area contributed by atoms with Crippen molar-refractivity contribution in [1.29, 1.82) is 0 Å². The lowest BCUT2D eigenvalue weighted by molar-refractivity contribution is 0.0714. The average molecular weight is 383 g/mol. The second kappa shape index (κ2) is 6.53. The number of hydrogen-bond acceptors (Lipinski definition) is 5. The standard InChI is InChI=1S/C20H19ClN4O2/c21-14-5-6-15-16(12-14)22-18(13-3-4-13)23-19(15)24-7-9-25(10-8-24)20(26)17-2-1-11-27-17/h1-2,5-6,11-13H,3-4,7-10H2. The van der Waals surface area contributed by atoms with Crippen LogP contribution >= 0.6 is 11.6 Å². The molecule has 0 atom stereocenters. The summed E-state index contributed by atoms with van der Waals surface area (Å²) in [6, 6.07) is 9.22. The summed E-state index contributed by atoms with van der Waals surface area (Å²) in [7, 11) is 0. The van der Waals surface area contributed by atoms with Crippen molar-refractivity contribution in [3.05, 3.63) is 53.2 Å². The third kappa shape index (κ3) is 3.14. The minimum absolute atomic E-state index is 0.0577. The van der Waals surface area contributed by atoms with E-state index in [9.17, 15) is 4.79 Å². The van der Waals surface area contributed by atoms with Gasteiger partial charge in [0, 0.05) is 42.5 Å². The van der Waals surface area contributed by atoms with Crippen LogP contribution in [0, 0.1) is 0 Å². The summed E-state index contributed by atoms with van der Waals surface area (Å²) in [6.07, 6.45) is 3.83. The molecule has 0 unspecified atom stereocenters. The van der Waals surface area contributed by atoms with Crippen LogP contribution in [0.3, 0.4) is 0 Å². The highest BCUT2D eigenvalue weighted by Crippen LogP contribution is 2.40. The van der Waals surface area contributed by atoms with Gasteiger partial charge in [0.25, 0.3) is 5.91 Å². The molecule has 0 radical (unpaired) electrons. The van der Waals surface area contributed by atoms with Crippen LogP contribution in [0.4, 0.5) is 5.82 Å². The van der Waals surface area contributed by atoms with E-state index < -0.39 is 0 Å². The summed E-state index contributed by atoms with van der Waals surface area (Å²) >= 11 is 6.18. The van der Waals surface area contributed by atoms with Crippen LogP contribution in [0.1, 0.15) is 35.1 Å². The van der Waals surface area contributed by atoms with E-state index in [1.165, 1.54) is 6.26 Å². The molecule has 2 aliphatic rings. The maximum atomic E-state index is 12.5. The van der Waals surface area contributed by atoms with E-state index in [0.717, 1.165) is 48.5 Å². The summed E-state index contributed by atoms with van der Waals surface area (Å²) in [4.78, 5) is 26.2. The number of carbonyl (C=O) groups excluding carboxylic acids is 1. The summed E-state index contributed by atoms with van der Waals surface area (Å²) in [5.41, 5.74) is 0.892. The number of rotatable bonds is 3. The van der Waals surface area contributed by atoms with Gasteiger partial charge in [-0.25, -0.2) is 9.97 Å². The number of amides is 1. The molecule has 1 saturated carbocycles. The van der Waals surface area contributed by atoms with Crippen molar-refractivity contribution in [2.75, 3.05) is 31.1 Å². The molecule has 3 heterocycles. The number of nitrogens with zero attached hydrogens (tertiary/aromatic N) is 4. The predicted molar refractivity (Wildman–Crippen MR) is 103 cm³/mol. The van der Waals surface area contributed by atoms with Gasteiger partial charge >= 0.3 is 0 Å². The zero-order valence-electron chi connectivity index (χ0n) is 14.8. The smallest absolute Gasteiger partial charge is 0.289 e. The van der Waals surface area contributed by atoms with E-state index in [1.54, 1.807) is 12.1 Å². The number of aromatic nitrogens is 2. The van der Waals surface area contributed by atoms with Crippen LogP contribution in [0.15, 0.2) is 41.0 Å². The highest BCUT2D eigenvalue weighted by Gasteiger charge is 2.30. The monoisotopic (exact) mass is 382 g/mol. The minimum Gasteiger partial charge on any atom is -0.459 e. The molecule has 2 fully saturated rings. The van der Waals surface area contributed by atoms with Crippen LogP contribution in [-0.4, -0.2) is 47.0 Å². The molecule has 27 heavy (non-hydrogen) atoms. The first-order chi connectivity index (χ1) is 13.2. The summed E-state index contributed by atoms with van der Waals surface area (Å²) in [5, 5.41) is 1.69. The van der Waals surface area contributed by atoms with Gasteiger partial charge in [-0.2, -0.15) is 0 Å². The maximum absolute atomic E-state index is 12.5. The average Bonchev–Trinajstić information content (AvgIpc) is 3.40. The van der Waals surface area contributed by atoms with E-state index >= 15 is 0 Å². The number of hydrogen-bond donors (Lipinski definition) is 0. The molecule has 1 amide bonds. The SMILES string of the molecule is O=C(c1ccco1)N1CCN(c2nc(C3CC3)nc3cc(Cl)ccc23)CC1. The Bertz CT molecular complexity index is 993. The van der Waals surface area contributed by atoms with Crippen LogP contribution in [0.25, 0.3) is 10.9 Å². The van der Waals surface area contributed by atoms with Crippen LogP contribution in [-0.2, 0) is 0 Å². The Kier molecular flexibility index (Phi) is 4.01. The number of benzene rings is 1. The zero-order chi connectivity index (χ0) is 18.4. The van der Waals surface area contributed by atoms with Crippen molar-refractivity contribution in [2.24, 2.45) is 0 Å². The van der Waals surface area contributed by atoms with Crippen molar-refractivity contribution in [3.63, 3.8) is 0 Å². The summed E-state index contributed by atoms with van der Waals surface area (Å²) in [5.74, 6) is 2.66. The van der Waals surface area contributed by atoms with Crippen molar-refractivity contribution in [1.82, 2.24) is 14.9 Å². The molecule has 0 bridgehead atoms. The summed E-state index contributed by atoms with van der Waals surface area (Å²) in [6.45, 7) is 2.73. The first-order valence-corrected chi connectivity index (χ1v) is 9.62. The predicted octanol–water partition coefficient (Wildman–Crippen LogP) is 3.72. The number of fused-ring (bicyclic) bond motifs is 1. The van der Waals surface area contributed by atoms with Crippen molar-refractivity contribution >= 4 is 34.2 Å². The largest absolute Gasteiger partial charge is 0.459 e. The third-order valence-electron chi connectivity index (χ3n) is 5.20. The number of piperazine rings is 1. The molecule has 1 saturated heterocycles. The van der Waals surface area contributed by atoms with E-state index in [2.05, 4.69) is 4.90 Å². The molecule has 1 aliphatic heterocycles. The lowest BCUT2D eigenvalue weighted by Gasteiger charge is -2.35. The molecule has 0 spiro atoms. The number of halogens is 1. The highest BCUT2D eigenvalue weighted by molar-refractivity contribution is 6.31. The van der Waals surface area contributed by atoms with Gasteiger partial charge in [-0.3, -0.25) is 4.79 Å². The van der Waals surface area contributed by atoms with Gasteiger partial charge in [-0.05, 0) is 43.2 Å². The van der Waals surface area contributed by atoms with E-state index in [1.807, 2.05) is 23.1 Å². The lowest BCUT2D eigenvalue weighted by Crippen LogP contribution is -2.49. The second-order valence-electron chi connectivity index (χ2n) is 7.10. The number of furan rings is 1. The van der Waals surface area contributed by atoms with Crippen LogP contribution in [0.5, 0.6) is 0 Å². The van der Waals surface area contributed by atoms with Gasteiger partial charge in [-0.1, -0.05) is 11.6 Å². The van der Waals surface area contributed by atoms with Gasteiger partial charge < -0.3 is 14.2 Å². The number of anilines is 1. The molecule has 2 aromatic heterocycles. The summed E-state index contributed by atoms with van der Waals surface area (Å²) < 4.78 is 5.24. The lowest BCUT2D eigenvalue weighted by atomic mass is 10.2. The first kappa shape index (κ1) is 16.6. The Morgan fingerprint density at radius 1 is 1.11 bits per heavy atom. The molecular formula is C20H19ClN4O2. The molecule has 1 aliphatic carbocycles. The van der Waals surface area contributed by atoms with Gasteiger partial charge in [0.15, 0.2) is 5.76 Å². The van der Waals surface area contributed by atoms with Crippen molar-refractivity contribution in [2.45, 2.75) is 18.8 Å². The highest BCUT2D eigenvalue weighted by atomic mass is 35.5. The van der Waals surface area contributed by atoms with E-state index in [4.69, 9.17) is 26.0 Å². The zero-order valence-corrected chi connectivity index (χ0v) is 15.5. The fraction of sp³-hybridized carbons (Fsp3) is 0.350. The van der Waals surface area contributed by atoms with E-state index in [-0.39, 0.29) is 5.91 Å². The van der Waals surface area contributed by atoms with Crippen molar-refractivity contribution in [3.8, 4) is 0 Å². The fourth-order valence-electron chi connectivity index (χ4n) is 3.55. The van der Waals surface area contributed by atoms with Gasteiger partial charge in [-0.15, -0.1) is 0 Å². The quantitative estimate of drug-likeness (QED) is 0.690. The number of carbonyl (C=O) groups is 1. The molecular weight excluding hydrogens is 364 g/mol.